The second-order valence-corrected chi connectivity index (χ2v) is 7.54. The molecule has 0 bridgehead atoms. The van der Waals surface area contributed by atoms with Crippen molar-refractivity contribution in [2.45, 2.75) is 31.6 Å². The summed E-state index contributed by atoms with van der Waals surface area (Å²) in [6, 6.07) is 13.4. The molecule has 2 aliphatic heterocycles. The molecule has 29 heavy (non-hydrogen) atoms. The zero-order valence-corrected chi connectivity index (χ0v) is 16.9. The van der Waals surface area contributed by atoms with Crippen LogP contribution in [0.4, 0.5) is 11.4 Å². The lowest BCUT2D eigenvalue weighted by Crippen LogP contribution is -2.44. The molecule has 2 aliphatic rings. The van der Waals surface area contributed by atoms with Gasteiger partial charge in [0.2, 0.25) is 11.8 Å². The van der Waals surface area contributed by atoms with Crippen molar-refractivity contribution in [3.8, 4) is 5.75 Å². The molecule has 4 rings (SSSR count). The van der Waals surface area contributed by atoms with Crippen molar-refractivity contribution in [3.05, 3.63) is 53.6 Å². The fourth-order valence-corrected chi connectivity index (χ4v) is 4.34. The standard InChI is InChI=1S/C23H26N2O4/c1-3-25-20-9-6-18(14-16(20)15-21(25)26)24-22(27)23(10-12-29-13-11-23)17-4-7-19(28-2)8-5-17/h4-9,14H,3,10-13,15H2,1-2H3,(H,24,27). The lowest BCUT2D eigenvalue weighted by atomic mass is 9.73. The van der Waals surface area contributed by atoms with Gasteiger partial charge >= 0.3 is 0 Å². The van der Waals surface area contributed by atoms with Gasteiger partial charge in [0.1, 0.15) is 5.75 Å². The van der Waals surface area contributed by atoms with Gasteiger partial charge in [0.25, 0.3) is 0 Å². The van der Waals surface area contributed by atoms with Gasteiger partial charge in [0.15, 0.2) is 0 Å². The number of methoxy groups -OCH3 is 1. The van der Waals surface area contributed by atoms with Gasteiger partial charge < -0.3 is 19.7 Å². The molecule has 0 aromatic heterocycles. The number of nitrogens with one attached hydrogen (secondary N) is 1. The summed E-state index contributed by atoms with van der Waals surface area (Å²) in [6.07, 6.45) is 1.63. The molecular weight excluding hydrogens is 368 g/mol. The second kappa shape index (κ2) is 7.87. The van der Waals surface area contributed by atoms with Gasteiger partial charge in [0, 0.05) is 31.1 Å². The third-order valence-electron chi connectivity index (χ3n) is 6.01. The van der Waals surface area contributed by atoms with E-state index in [4.69, 9.17) is 9.47 Å². The van der Waals surface area contributed by atoms with Gasteiger partial charge in [0.05, 0.1) is 18.9 Å². The molecule has 1 fully saturated rings. The van der Waals surface area contributed by atoms with E-state index in [1.165, 1.54) is 0 Å². The maximum Gasteiger partial charge on any atom is 0.235 e. The van der Waals surface area contributed by atoms with Crippen molar-refractivity contribution in [3.63, 3.8) is 0 Å². The number of hydrogen-bond donors (Lipinski definition) is 1. The molecule has 0 radical (unpaired) electrons. The number of carbonyl (C=O) groups is 2. The average Bonchev–Trinajstić information content (AvgIpc) is 3.08. The molecule has 1 N–H and O–H groups in total. The van der Waals surface area contributed by atoms with Gasteiger partial charge in [-0.15, -0.1) is 0 Å². The highest BCUT2D eigenvalue weighted by Gasteiger charge is 2.42. The number of nitrogens with zero attached hydrogens (tertiary/aromatic N) is 1. The topological polar surface area (TPSA) is 67.9 Å². The number of benzene rings is 2. The van der Waals surface area contributed by atoms with Crippen molar-refractivity contribution in [1.82, 2.24) is 0 Å². The van der Waals surface area contributed by atoms with Crippen LogP contribution >= 0.6 is 0 Å². The summed E-state index contributed by atoms with van der Waals surface area (Å²) in [5.74, 6) is 0.827. The SMILES string of the molecule is CCN1C(=O)Cc2cc(NC(=O)C3(c4ccc(OC)cc4)CCOCC3)ccc21. The van der Waals surface area contributed by atoms with Crippen LogP contribution in [0.5, 0.6) is 5.75 Å². The minimum absolute atomic E-state index is 0.0393. The first-order valence-electron chi connectivity index (χ1n) is 10.0. The molecule has 1 saturated heterocycles. The predicted molar refractivity (Wildman–Crippen MR) is 112 cm³/mol. The highest BCUT2D eigenvalue weighted by Crippen LogP contribution is 2.38. The second-order valence-electron chi connectivity index (χ2n) is 7.54. The van der Waals surface area contributed by atoms with Gasteiger partial charge in [-0.3, -0.25) is 9.59 Å². The molecule has 0 spiro atoms. The summed E-state index contributed by atoms with van der Waals surface area (Å²) in [6.45, 7) is 3.71. The molecule has 2 amide bonds. The van der Waals surface area contributed by atoms with E-state index in [1.807, 2.05) is 49.4 Å². The number of fused-ring (bicyclic) bond motifs is 1. The van der Waals surface area contributed by atoms with Crippen LogP contribution in [0, 0.1) is 0 Å². The number of amides is 2. The van der Waals surface area contributed by atoms with E-state index in [0.29, 0.717) is 39.0 Å². The van der Waals surface area contributed by atoms with E-state index in [9.17, 15) is 9.59 Å². The van der Waals surface area contributed by atoms with E-state index in [0.717, 1.165) is 28.3 Å². The Morgan fingerprint density at radius 2 is 1.90 bits per heavy atom. The fourth-order valence-electron chi connectivity index (χ4n) is 4.34. The highest BCUT2D eigenvalue weighted by atomic mass is 16.5. The first-order valence-corrected chi connectivity index (χ1v) is 10.0. The summed E-state index contributed by atoms with van der Waals surface area (Å²) in [5.41, 5.74) is 2.94. The van der Waals surface area contributed by atoms with Crippen molar-refractivity contribution >= 4 is 23.2 Å². The minimum Gasteiger partial charge on any atom is -0.497 e. The Balaban J connectivity index is 1.61. The Labute approximate surface area is 170 Å². The Morgan fingerprint density at radius 3 is 2.55 bits per heavy atom. The zero-order valence-electron chi connectivity index (χ0n) is 16.9. The molecular formula is C23H26N2O4. The fraction of sp³-hybridized carbons (Fsp3) is 0.391. The Bertz CT molecular complexity index is 917. The van der Waals surface area contributed by atoms with E-state index in [2.05, 4.69) is 5.32 Å². The molecule has 0 saturated carbocycles. The summed E-state index contributed by atoms with van der Waals surface area (Å²) in [7, 11) is 1.63. The van der Waals surface area contributed by atoms with E-state index >= 15 is 0 Å². The van der Waals surface area contributed by atoms with Gasteiger partial charge in [-0.1, -0.05) is 12.1 Å². The molecule has 0 aliphatic carbocycles. The van der Waals surface area contributed by atoms with Gasteiger partial charge in [-0.05, 0) is 61.2 Å². The number of ether oxygens (including phenoxy) is 2. The lowest BCUT2D eigenvalue weighted by Gasteiger charge is -2.36. The maximum absolute atomic E-state index is 13.5. The third kappa shape index (κ3) is 3.49. The monoisotopic (exact) mass is 394 g/mol. The summed E-state index contributed by atoms with van der Waals surface area (Å²) in [5, 5.41) is 3.10. The summed E-state index contributed by atoms with van der Waals surface area (Å²) >= 11 is 0. The zero-order chi connectivity index (χ0) is 20.4. The maximum atomic E-state index is 13.5. The molecule has 0 unspecified atom stereocenters. The van der Waals surface area contributed by atoms with Gasteiger partial charge in [-0.2, -0.15) is 0 Å². The quantitative estimate of drug-likeness (QED) is 0.845. The van der Waals surface area contributed by atoms with Crippen LogP contribution in [-0.4, -0.2) is 38.7 Å². The Kier molecular flexibility index (Phi) is 5.28. The van der Waals surface area contributed by atoms with E-state index < -0.39 is 5.41 Å². The van der Waals surface area contributed by atoms with Crippen LogP contribution in [0.25, 0.3) is 0 Å². The number of likely N-dealkylation sites (N-methyl/N-ethyl adjacent to an activating group) is 1. The molecule has 152 valence electrons. The Morgan fingerprint density at radius 1 is 1.17 bits per heavy atom. The van der Waals surface area contributed by atoms with Crippen LogP contribution in [0.1, 0.15) is 30.9 Å². The lowest BCUT2D eigenvalue weighted by molar-refractivity contribution is -0.125. The minimum atomic E-state index is -0.644. The van der Waals surface area contributed by atoms with Crippen LogP contribution in [0.2, 0.25) is 0 Å². The number of carbonyl (C=O) groups excluding carboxylic acids is 2. The largest absolute Gasteiger partial charge is 0.497 e. The van der Waals surface area contributed by atoms with Crippen LogP contribution in [0.15, 0.2) is 42.5 Å². The molecule has 2 aromatic rings. The molecule has 6 heteroatoms. The van der Waals surface area contributed by atoms with Crippen molar-refractivity contribution in [1.29, 1.82) is 0 Å². The third-order valence-corrected chi connectivity index (χ3v) is 6.01. The molecule has 6 nitrogen and oxygen atoms in total. The highest BCUT2D eigenvalue weighted by molar-refractivity contribution is 6.03. The number of anilines is 2. The van der Waals surface area contributed by atoms with Crippen LogP contribution in [0.3, 0.4) is 0 Å². The first-order chi connectivity index (χ1) is 14.1. The summed E-state index contributed by atoms with van der Waals surface area (Å²) < 4.78 is 10.8. The molecule has 2 heterocycles. The van der Waals surface area contributed by atoms with Crippen molar-refractivity contribution in [2.75, 3.05) is 37.1 Å². The normalized spacial score (nSPS) is 17.7. The molecule has 0 atom stereocenters. The van der Waals surface area contributed by atoms with Crippen LogP contribution < -0.4 is 15.0 Å². The number of rotatable bonds is 5. The smallest absolute Gasteiger partial charge is 0.235 e. The van der Waals surface area contributed by atoms with E-state index in [-0.39, 0.29) is 11.8 Å². The van der Waals surface area contributed by atoms with Crippen molar-refractivity contribution < 1.29 is 19.1 Å². The molecule has 2 aromatic carbocycles. The number of hydrogen-bond acceptors (Lipinski definition) is 4. The van der Waals surface area contributed by atoms with Crippen molar-refractivity contribution in [2.24, 2.45) is 0 Å². The van der Waals surface area contributed by atoms with E-state index in [1.54, 1.807) is 12.0 Å². The van der Waals surface area contributed by atoms with Crippen LogP contribution in [-0.2, 0) is 26.2 Å². The van der Waals surface area contributed by atoms with Gasteiger partial charge in [-0.25, -0.2) is 0 Å². The first kappa shape index (κ1) is 19.5. The summed E-state index contributed by atoms with van der Waals surface area (Å²) in [4.78, 5) is 27.4. The predicted octanol–water partition coefficient (Wildman–Crippen LogP) is 3.29. The average molecular weight is 394 g/mol. The Hall–Kier alpha value is -2.86.